The molecule has 0 radical (unpaired) electrons. The van der Waals surface area contributed by atoms with E-state index in [-0.39, 0.29) is 22.2 Å². The summed E-state index contributed by atoms with van der Waals surface area (Å²) < 4.78 is 42.6. The van der Waals surface area contributed by atoms with Gasteiger partial charge in [-0.2, -0.15) is 0 Å². The van der Waals surface area contributed by atoms with Gasteiger partial charge in [-0.3, -0.25) is 4.79 Å². The van der Waals surface area contributed by atoms with E-state index in [1.165, 1.54) is 23.9 Å². The largest absolute Gasteiger partial charge is 0.790 e. The molecule has 0 unspecified atom stereocenters. The number of benzene rings is 2. The summed E-state index contributed by atoms with van der Waals surface area (Å²) in [6.45, 7) is -0.342. The third-order valence-electron chi connectivity index (χ3n) is 5.59. The maximum atomic E-state index is 14.9. The molecule has 4 rings (SSSR count). The number of aromatic nitrogens is 1. The number of methoxy groups -OCH3 is 1. The van der Waals surface area contributed by atoms with Gasteiger partial charge in [0.05, 0.1) is 32.4 Å². The molecule has 3 aromatic rings. The number of ether oxygens (including phenoxy) is 2. The van der Waals surface area contributed by atoms with Gasteiger partial charge in [0, 0.05) is 11.8 Å². The van der Waals surface area contributed by atoms with Gasteiger partial charge < -0.3 is 32.9 Å². The van der Waals surface area contributed by atoms with E-state index in [1.807, 2.05) is 0 Å². The van der Waals surface area contributed by atoms with Gasteiger partial charge in [-0.25, -0.2) is 4.39 Å². The summed E-state index contributed by atoms with van der Waals surface area (Å²) in [5.41, 5.74) is -0.00929. The van der Waals surface area contributed by atoms with E-state index in [9.17, 15) is 23.5 Å². The molecule has 0 spiro atoms. The average Bonchev–Trinajstić information content (AvgIpc) is 2.73. The molecular weight excluding hydrogens is 440 g/mol. The second-order valence-electron chi connectivity index (χ2n) is 7.65. The fraction of sp³-hybridized carbons (Fsp3) is 0.318. The standard InChI is InChI=1S/C22H23FNO7P/c1-29-16-7-5-15(6-8-16)17-11-24(13-31-32(26,27)28)21-19(30-12-14-3-2-4-14)10-9-18(23)20(21)22(17)25/h5-11,14H,2-4,12-13H2,1H3,(H2,26,27,28)/p-2. The Kier molecular flexibility index (Phi) is 6.35. The molecule has 32 heavy (non-hydrogen) atoms. The molecule has 10 heteroatoms. The topological polar surface area (TPSA) is 113 Å². The van der Waals surface area contributed by atoms with Crippen molar-refractivity contribution in [1.29, 1.82) is 0 Å². The molecule has 2 aromatic carbocycles. The minimum atomic E-state index is -5.32. The molecule has 1 aromatic heterocycles. The van der Waals surface area contributed by atoms with Crippen LogP contribution in [-0.2, 0) is 15.8 Å². The van der Waals surface area contributed by atoms with Crippen LogP contribution in [0.1, 0.15) is 19.3 Å². The highest BCUT2D eigenvalue weighted by atomic mass is 31.2. The third-order valence-corrected chi connectivity index (χ3v) is 6.02. The molecule has 0 atom stereocenters. The zero-order valence-corrected chi connectivity index (χ0v) is 18.2. The average molecular weight is 461 g/mol. The Balaban J connectivity index is 1.88. The van der Waals surface area contributed by atoms with Crippen molar-refractivity contribution in [1.82, 2.24) is 4.57 Å². The third kappa shape index (κ3) is 4.71. The van der Waals surface area contributed by atoms with E-state index in [2.05, 4.69) is 4.52 Å². The molecule has 170 valence electrons. The molecule has 0 N–H and O–H groups in total. The monoisotopic (exact) mass is 461 g/mol. The van der Waals surface area contributed by atoms with Crippen LogP contribution in [0.25, 0.3) is 22.0 Å². The zero-order chi connectivity index (χ0) is 22.9. The SMILES string of the molecule is COc1ccc(-c2cn(COP(=O)([O-])[O-])c3c(OCC4CCC4)ccc(F)c3c2=O)cc1. The number of phosphoric ester groups is 1. The number of fused-ring (bicyclic) bond motifs is 1. The van der Waals surface area contributed by atoms with Crippen molar-refractivity contribution in [3.05, 3.63) is 58.6 Å². The minimum absolute atomic E-state index is 0.0278. The number of hydrogen-bond donors (Lipinski definition) is 0. The fourth-order valence-electron chi connectivity index (χ4n) is 3.66. The first-order chi connectivity index (χ1) is 15.3. The number of rotatable bonds is 8. The minimum Gasteiger partial charge on any atom is -0.790 e. The Morgan fingerprint density at radius 1 is 1.16 bits per heavy atom. The predicted octanol–water partition coefficient (Wildman–Crippen LogP) is 2.80. The normalized spacial score (nSPS) is 14.4. The second-order valence-corrected chi connectivity index (χ2v) is 8.81. The second kappa shape index (κ2) is 9.03. The van der Waals surface area contributed by atoms with Crippen molar-refractivity contribution in [3.8, 4) is 22.6 Å². The Bertz CT molecular complexity index is 1230. The van der Waals surface area contributed by atoms with Gasteiger partial charge in [0.15, 0.2) is 5.43 Å². The van der Waals surface area contributed by atoms with E-state index in [0.29, 0.717) is 23.8 Å². The van der Waals surface area contributed by atoms with Crippen molar-refractivity contribution < 1.29 is 32.7 Å². The summed E-state index contributed by atoms with van der Waals surface area (Å²) in [4.78, 5) is 35.5. The van der Waals surface area contributed by atoms with Gasteiger partial charge in [-0.15, -0.1) is 0 Å². The summed E-state index contributed by atoms with van der Waals surface area (Å²) in [7, 11) is -3.82. The van der Waals surface area contributed by atoms with Crippen molar-refractivity contribution in [2.24, 2.45) is 5.92 Å². The van der Waals surface area contributed by atoms with Crippen molar-refractivity contribution in [2.75, 3.05) is 13.7 Å². The molecule has 8 nitrogen and oxygen atoms in total. The van der Waals surface area contributed by atoms with E-state index in [1.54, 1.807) is 24.3 Å². The first kappa shape index (κ1) is 22.5. The van der Waals surface area contributed by atoms with Gasteiger partial charge in [0.2, 0.25) is 0 Å². The van der Waals surface area contributed by atoms with E-state index in [4.69, 9.17) is 9.47 Å². The molecule has 1 saturated carbocycles. The summed E-state index contributed by atoms with van der Waals surface area (Å²) in [5.74, 6) is 0.350. The summed E-state index contributed by atoms with van der Waals surface area (Å²) >= 11 is 0. The molecule has 1 fully saturated rings. The lowest BCUT2D eigenvalue weighted by Gasteiger charge is -2.30. The van der Waals surface area contributed by atoms with Gasteiger partial charge in [-0.05, 0) is 48.6 Å². The molecule has 0 bridgehead atoms. The summed E-state index contributed by atoms with van der Waals surface area (Å²) in [6, 6.07) is 9.03. The Morgan fingerprint density at radius 2 is 1.88 bits per heavy atom. The molecule has 0 amide bonds. The summed E-state index contributed by atoms with van der Waals surface area (Å²) in [6.07, 6.45) is 4.49. The Morgan fingerprint density at radius 3 is 2.47 bits per heavy atom. The quantitative estimate of drug-likeness (QED) is 0.474. The molecule has 1 aliphatic carbocycles. The number of phosphoric acid groups is 1. The predicted molar refractivity (Wildman–Crippen MR) is 112 cm³/mol. The van der Waals surface area contributed by atoms with Crippen LogP contribution in [0.15, 0.2) is 47.4 Å². The van der Waals surface area contributed by atoms with Gasteiger partial charge in [-0.1, -0.05) is 18.6 Å². The van der Waals surface area contributed by atoms with Crippen molar-refractivity contribution in [3.63, 3.8) is 0 Å². The van der Waals surface area contributed by atoms with E-state index in [0.717, 1.165) is 25.3 Å². The highest BCUT2D eigenvalue weighted by molar-refractivity contribution is 7.43. The van der Waals surface area contributed by atoms with Crippen molar-refractivity contribution in [2.45, 2.75) is 26.0 Å². The maximum absolute atomic E-state index is 14.9. The maximum Gasteiger partial charge on any atom is 0.200 e. The number of pyridine rings is 1. The fourth-order valence-corrected chi connectivity index (χ4v) is 3.92. The lowest BCUT2D eigenvalue weighted by molar-refractivity contribution is -0.344. The van der Waals surface area contributed by atoms with Crippen LogP contribution in [0.4, 0.5) is 4.39 Å². The summed E-state index contributed by atoms with van der Waals surface area (Å²) in [5, 5.41) is -0.278. The van der Waals surface area contributed by atoms with E-state index < -0.39 is 25.8 Å². The lowest BCUT2D eigenvalue weighted by atomic mass is 9.86. The molecule has 0 saturated heterocycles. The Hall–Kier alpha value is -2.71. The number of nitrogens with zero attached hydrogens (tertiary/aromatic N) is 1. The zero-order valence-electron chi connectivity index (χ0n) is 17.3. The van der Waals surface area contributed by atoms with Crippen LogP contribution in [0.5, 0.6) is 11.5 Å². The molecule has 1 heterocycles. The van der Waals surface area contributed by atoms with Gasteiger partial charge in [0.1, 0.15) is 24.0 Å². The van der Waals surface area contributed by atoms with Crippen LogP contribution in [0.3, 0.4) is 0 Å². The number of halogens is 1. The molecule has 0 aliphatic heterocycles. The van der Waals surface area contributed by atoms with Gasteiger partial charge in [0.25, 0.3) is 0 Å². The highest BCUT2D eigenvalue weighted by Gasteiger charge is 2.22. The number of hydrogen-bond acceptors (Lipinski definition) is 7. The lowest BCUT2D eigenvalue weighted by Crippen LogP contribution is -2.22. The van der Waals surface area contributed by atoms with Crippen LogP contribution < -0.4 is 24.7 Å². The molecular formula is C22H21FNO7P-2. The van der Waals surface area contributed by atoms with Crippen LogP contribution in [-0.4, -0.2) is 18.3 Å². The van der Waals surface area contributed by atoms with Crippen LogP contribution in [0, 0.1) is 11.7 Å². The van der Waals surface area contributed by atoms with Crippen molar-refractivity contribution >= 4 is 18.7 Å². The van der Waals surface area contributed by atoms with Gasteiger partial charge >= 0.3 is 0 Å². The van der Waals surface area contributed by atoms with E-state index >= 15 is 0 Å². The Labute approximate surface area is 183 Å². The highest BCUT2D eigenvalue weighted by Crippen LogP contribution is 2.33. The van der Waals surface area contributed by atoms with Crippen LogP contribution in [0.2, 0.25) is 0 Å². The van der Waals surface area contributed by atoms with Crippen LogP contribution >= 0.6 is 7.82 Å². The first-order valence-corrected chi connectivity index (χ1v) is 11.5. The molecule has 1 aliphatic rings. The smallest absolute Gasteiger partial charge is 0.200 e. The first-order valence-electron chi connectivity index (χ1n) is 10.1.